The van der Waals surface area contributed by atoms with E-state index in [0.717, 1.165) is 10.6 Å². The first-order chi connectivity index (χ1) is 15.4. The molecule has 33 heavy (non-hydrogen) atoms. The Morgan fingerprint density at radius 1 is 1.00 bits per heavy atom. The summed E-state index contributed by atoms with van der Waals surface area (Å²) >= 11 is 24.3. The van der Waals surface area contributed by atoms with Crippen LogP contribution in [-0.2, 0) is 26.2 Å². The number of carbonyl (C=O) groups excluding carboxylic acids is 2. The molecule has 2 amide bonds. The van der Waals surface area contributed by atoms with Crippen molar-refractivity contribution in [1.29, 1.82) is 0 Å². The van der Waals surface area contributed by atoms with Crippen LogP contribution in [0.4, 0.5) is 5.69 Å². The van der Waals surface area contributed by atoms with E-state index >= 15 is 0 Å². The molecule has 0 radical (unpaired) electrons. The molecule has 1 atom stereocenters. The molecule has 0 heterocycles. The van der Waals surface area contributed by atoms with Crippen molar-refractivity contribution in [2.45, 2.75) is 25.9 Å². The molecule has 1 unspecified atom stereocenters. The summed E-state index contributed by atoms with van der Waals surface area (Å²) in [5.41, 5.74) is 0.675. The number of benzene rings is 2. The van der Waals surface area contributed by atoms with Crippen LogP contribution in [0.1, 0.15) is 18.9 Å². The van der Waals surface area contributed by atoms with Gasteiger partial charge in [0.05, 0.1) is 27.0 Å². The first-order valence-electron chi connectivity index (χ1n) is 9.76. The standard InChI is InChI=1S/C21H23Cl4N3O4S/c1-4-18(21(30)26-2)27(11-13-5-7-15(23)17(25)9-13)20(29)12-28(33(3,31)32)19-10-14(22)6-8-16(19)24/h5-10,18H,4,11-12H2,1-3H3,(H,26,30). The van der Waals surface area contributed by atoms with Crippen LogP contribution < -0.4 is 9.62 Å². The molecule has 2 aromatic carbocycles. The Hall–Kier alpha value is -1.71. The van der Waals surface area contributed by atoms with Gasteiger partial charge >= 0.3 is 0 Å². The summed E-state index contributed by atoms with van der Waals surface area (Å²) in [4.78, 5) is 27.3. The predicted molar refractivity (Wildman–Crippen MR) is 134 cm³/mol. The molecule has 0 bridgehead atoms. The Bertz CT molecular complexity index is 1140. The third kappa shape index (κ3) is 7.13. The van der Waals surface area contributed by atoms with E-state index in [1.165, 1.54) is 30.1 Å². The second-order valence-corrected chi connectivity index (χ2v) is 10.7. The van der Waals surface area contributed by atoms with Crippen LogP contribution in [0.5, 0.6) is 0 Å². The zero-order valence-electron chi connectivity index (χ0n) is 18.1. The second kappa shape index (κ2) is 11.6. The Kier molecular flexibility index (Phi) is 9.70. The Morgan fingerprint density at radius 2 is 1.64 bits per heavy atom. The van der Waals surface area contributed by atoms with E-state index in [1.807, 2.05) is 0 Å². The molecule has 0 saturated carbocycles. The minimum absolute atomic E-state index is 0.00251. The van der Waals surface area contributed by atoms with Crippen molar-refractivity contribution in [1.82, 2.24) is 10.2 Å². The van der Waals surface area contributed by atoms with Crippen LogP contribution in [0.3, 0.4) is 0 Å². The van der Waals surface area contributed by atoms with Crippen LogP contribution in [0, 0.1) is 0 Å². The summed E-state index contributed by atoms with van der Waals surface area (Å²) in [6.07, 6.45) is 1.25. The van der Waals surface area contributed by atoms with Crippen molar-refractivity contribution in [2.75, 3.05) is 24.2 Å². The molecule has 0 spiro atoms. The van der Waals surface area contributed by atoms with Gasteiger partial charge in [0.25, 0.3) is 0 Å². The fourth-order valence-electron chi connectivity index (χ4n) is 3.19. The highest BCUT2D eigenvalue weighted by Gasteiger charge is 2.32. The average molecular weight is 555 g/mol. The molecule has 0 saturated heterocycles. The van der Waals surface area contributed by atoms with Gasteiger partial charge in [-0.05, 0) is 42.3 Å². The Labute approximate surface area is 213 Å². The highest BCUT2D eigenvalue weighted by atomic mass is 35.5. The minimum Gasteiger partial charge on any atom is -0.357 e. The smallest absolute Gasteiger partial charge is 0.244 e. The number of carbonyl (C=O) groups is 2. The minimum atomic E-state index is -3.93. The summed E-state index contributed by atoms with van der Waals surface area (Å²) in [5.74, 6) is -1.00. The average Bonchev–Trinajstić information content (AvgIpc) is 2.75. The molecule has 0 aliphatic heterocycles. The van der Waals surface area contributed by atoms with Gasteiger partial charge in [0.15, 0.2) is 0 Å². The lowest BCUT2D eigenvalue weighted by Gasteiger charge is -2.32. The van der Waals surface area contributed by atoms with Crippen molar-refractivity contribution in [3.63, 3.8) is 0 Å². The lowest BCUT2D eigenvalue weighted by Crippen LogP contribution is -2.51. The van der Waals surface area contributed by atoms with Gasteiger partial charge in [0, 0.05) is 18.6 Å². The van der Waals surface area contributed by atoms with Crippen molar-refractivity contribution in [3.05, 3.63) is 62.1 Å². The lowest BCUT2D eigenvalue weighted by atomic mass is 10.1. The summed E-state index contributed by atoms with van der Waals surface area (Å²) < 4.78 is 26.0. The number of hydrogen-bond acceptors (Lipinski definition) is 4. The van der Waals surface area contributed by atoms with Gasteiger partial charge in [-0.3, -0.25) is 13.9 Å². The predicted octanol–water partition coefficient (Wildman–Crippen LogP) is 4.62. The number of nitrogens with one attached hydrogen (secondary N) is 1. The number of amides is 2. The second-order valence-electron chi connectivity index (χ2n) is 7.17. The van der Waals surface area contributed by atoms with Crippen LogP contribution in [0.2, 0.25) is 20.1 Å². The molecule has 0 aliphatic carbocycles. The van der Waals surface area contributed by atoms with Crippen LogP contribution in [-0.4, -0.2) is 51.0 Å². The molecule has 180 valence electrons. The zero-order chi connectivity index (χ0) is 24.9. The van der Waals surface area contributed by atoms with Gasteiger partial charge in [0.2, 0.25) is 21.8 Å². The maximum Gasteiger partial charge on any atom is 0.244 e. The summed E-state index contributed by atoms with van der Waals surface area (Å²) in [6, 6.07) is 8.29. The molecule has 0 aromatic heterocycles. The number of anilines is 1. The van der Waals surface area contributed by atoms with E-state index in [9.17, 15) is 18.0 Å². The fraction of sp³-hybridized carbons (Fsp3) is 0.333. The van der Waals surface area contributed by atoms with Crippen LogP contribution in [0.25, 0.3) is 0 Å². The lowest BCUT2D eigenvalue weighted by molar-refractivity contribution is -0.140. The van der Waals surface area contributed by atoms with Gasteiger partial charge in [-0.1, -0.05) is 59.4 Å². The van der Waals surface area contributed by atoms with E-state index in [4.69, 9.17) is 46.4 Å². The third-order valence-corrected chi connectivity index (χ3v) is 7.25. The van der Waals surface area contributed by atoms with Gasteiger partial charge in [0.1, 0.15) is 12.6 Å². The van der Waals surface area contributed by atoms with E-state index < -0.39 is 34.4 Å². The fourth-order valence-corrected chi connectivity index (χ4v) is 4.80. The highest BCUT2D eigenvalue weighted by molar-refractivity contribution is 7.92. The van der Waals surface area contributed by atoms with E-state index in [1.54, 1.807) is 25.1 Å². The molecular weight excluding hydrogens is 532 g/mol. The van der Waals surface area contributed by atoms with Gasteiger partial charge in [-0.25, -0.2) is 8.42 Å². The van der Waals surface area contributed by atoms with Gasteiger partial charge < -0.3 is 10.2 Å². The molecule has 2 aromatic rings. The molecule has 12 heteroatoms. The maximum atomic E-state index is 13.5. The Balaban J connectivity index is 2.49. The largest absolute Gasteiger partial charge is 0.357 e. The molecule has 1 N–H and O–H groups in total. The number of sulfonamides is 1. The van der Waals surface area contributed by atoms with Crippen molar-refractivity contribution in [3.8, 4) is 0 Å². The molecular formula is C21H23Cl4N3O4S. The van der Waals surface area contributed by atoms with Crippen molar-refractivity contribution in [2.24, 2.45) is 0 Å². The number of likely N-dealkylation sites (N-methyl/N-ethyl adjacent to an activating group) is 1. The molecule has 7 nitrogen and oxygen atoms in total. The van der Waals surface area contributed by atoms with E-state index in [0.29, 0.717) is 17.0 Å². The topological polar surface area (TPSA) is 86.8 Å². The first kappa shape index (κ1) is 27.5. The number of hydrogen-bond donors (Lipinski definition) is 1. The third-order valence-electron chi connectivity index (χ3n) is 4.83. The normalized spacial score (nSPS) is 12.2. The quantitative estimate of drug-likeness (QED) is 0.490. The molecule has 0 aliphatic rings. The van der Waals surface area contributed by atoms with Gasteiger partial charge in [-0.15, -0.1) is 0 Å². The first-order valence-corrected chi connectivity index (χ1v) is 13.1. The monoisotopic (exact) mass is 553 g/mol. The van der Waals surface area contributed by atoms with Crippen LogP contribution in [0.15, 0.2) is 36.4 Å². The number of rotatable bonds is 9. The van der Waals surface area contributed by atoms with E-state index in [-0.39, 0.29) is 27.3 Å². The number of halogens is 4. The van der Waals surface area contributed by atoms with Crippen LogP contribution >= 0.6 is 46.4 Å². The van der Waals surface area contributed by atoms with E-state index in [2.05, 4.69) is 5.32 Å². The highest BCUT2D eigenvalue weighted by Crippen LogP contribution is 2.31. The summed E-state index contributed by atoms with van der Waals surface area (Å²) in [5, 5.41) is 3.53. The Morgan fingerprint density at radius 3 is 2.18 bits per heavy atom. The summed E-state index contributed by atoms with van der Waals surface area (Å²) in [7, 11) is -2.47. The molecule has 0 fully saturated rings. The van der Waals surface area contributed by atoms with Crippen molar-refractivity contribution >= 4 is 73.9 Å². The maximum absolute atomic E-state index is 13.5. The number of nitrogens with zero attached hydrogens (tertiary/aromatic N) is 2. The zero-order valence-corrected chi connectivity index (χ0v) is 22.0. The SMILES string of the molecule is CCC(C(=O)NC)N(Cc1ccc(Cl)c(Cl)c1)C(=O)CN(c1cc(Cl)ccc1Cl)S(C)(=O)=O. The molecule has 2 rings (SSSR count). The van der Waals surface area contributed by atoms with Gasteiger partial charge in [-0.2, -0.15) is 0 Å². The van der Waals surface area contributed by atoms with Crippen molar-refractivity contribution < 1.29 is 18.0 Å². The summed E-state index contributed by atoms with van der Waals surface area (Å²) in [6.45, 7) is 1.16.